The highest BCUT2D eigenvalue weighted by Crippen LogP contribution is 2.37. The number of nitrogens with one attached hydrogen (secondary N) is 2. The second-order valence-electron chi connectivity index (χ2n) is 8.71. The second-order valence-corrected chi connectivity index (χ2v) is 9.74. The minimum absolute atomic E-state index is 0.183. The van der Waals surface area contributed by atoms with Crippen molar-refractivity contribution in [2.75, 3.05) is 14.1 Å². The number of H-pyrrole nitrogens is 2. The molecule has 34 heavy (non-hydrogen) atoms. The molecule has 0 spiro atoms. The van der Waals surface area contributed by atoms with Gasteiger partial charge >= 0.3 is 0 Å². The van der Waals surface area contributed by atoms with Crippen LogP contribution in [0.25, 0.3) is 54.8 Å². The van der Waals surface area contributed by atoms with Gasteiger partial charge < -0.3 is 9.88 Å². The maximum Gasteiger partial charge on any atom is 0.176 e. The van der Waals surface area contributed by atoms with E-state index in [9.17, 15) is 4.39 Å². The zero-order chi connectivity index (χ0) is 23.2. The third kappa shape index (κ3) is 3.69. The Kier molecular flexibility index (Phi) is 5.01. The van der Waals surface area contributed by atoms with Crippen LogP contribution >= 0.6 is 11.3 Å². The van der Waals surface area contributed by atoms with E-state index in [0.29, 0.717) is 0 Å². The smallest absolute Gasteiger partial charge is 0.176 e. The largest absolute Gasteiger partial charge is 0.353 e. The monoisotopic (exact) mass is 467 g/mol. The summed E-state index contributed by atoms with van der Waals surface area (Å²) in [5, 5.41) is 9.68. The van der Waals surface area contributed by atoms with E-state index in [-0.39, 0.29) is 5.13 Å². The number of nitrogens with zero attached hydrogens (tertiary/aromatic N) is 3. The van der Waals surface area contributed by atoms with Gasteiger partial charge in [-0.05, 0) is 67.7 Å². The van der Waals surface area contributed by atoms with Crippen LogP contribution in [0.1, 0.15) is 5.56 Å². The number of halogens is 1. The molecular formula is C27H22FN5S. The highest BCUT2D eigenvalue weighted by atomic mass is 32.1. The molecule has 0 bridgehead atoms. The minimum atomic E-state index is -0.183. The third-order valence-electron chi connectivity index (χ3n) is 5.95. The summed E-state index contributed by atoms with van der Waals surface area (Å²) in [6, 6.07) is 20.0. The molecule has 0 radical (unpaired) electrons. The summed E-state index contributed by atoms with van der Waals surface area (Å²) in [6.07, 6.45) is 3.81. The van der Waals surface area contributed by atoms with Crippen molar-refractivity contribution in [2.24, 2.45) is 0 Å². The van der Waals surface area contributed by atoms with Gasteiger partial charge in [0.15, 0.2) is 5.13 Å². The molecule has 0 amide bonds. The molecule has 0 atom stereocenters. The Morgan fingerprint density at radius 1 is 0.912 bits per heavy atom. The second kappa shape index (κ2) is 8.20. The summed E-state index contributed by atoms with van der Waals surface area (Å²) < 4.78 is 13.7. The van der Waals surface area contributed by atoms with E-state index in [1.807, 2.05) is 36.7 Å². The van der Waals surface area contributed by atoms with E-state index in [2.05, 4.69) is 69.5 Å². The Labute approximate surface area is 199 Å². The topological polar surface area (TPSA) is 60.6 Å². The van der Waals surface area contributed by atoms with Crippen LogP contribution in [0.2, 0.25) is 0 Å². The van der Waals surface area contributed by atoms with Gasteiger partial charge in [0.05, 0.1) is 11.2 Å². The Bertz CT molecular complexity index is 1640. The van der Waals surface area contributed by atoms with E-state index in [1.54, 1.807) is 0 Å². The van der Waals surface area contributed by atoms with Crippen molar-refractivity contribution in [3.8, 4) is 33.0 Å². The summed E-state index contributed by atoms with van der Waals surface area (Å²) in [4.78, 5) is 11.0. The van der Waals surface area contributed by atoms with E-state index < -0.39 is 0 Å². The molecule has 0 aliphatic carbocycles. The Morgan fingerprint density at radius 3 is 2.65 bits per heavy atom. The molecule has 2 aromatic carbocycles. The van der Waals surface area contributed by atoms with Crippen LogP contribution in [-0.2, 0) is 6.54 Å². The van der Waals surface area contributed by atoms with Gasteiger partial charge in [-0.15, -0.1) is 11.3 Å². The average Bonchev–Trinajstić information content (AvgIpc) is 3.55. The fourth-order valence-corrected chi connectivity index (χ4v) is 5.22. The first-order chi connectivity index (χ1) is 16.5. The highest BCUT2D eigenvalue weighted by Gasteiger charge is 2.15. The summed E-state index contributed by atoms with van der Waals surface area (Å²) in [5.74, 6) is 0. The number of thiophene rings is 1. The maximum atomic E-state index is 13.7. The molecule has 4 heterocycles. The van der Waals surface area contributed by atoms with Crippen molar-refractivity contribution in [3.63, 3.8) is 0 Å². The molecule has 0 fully saturated rings. The van der Waals surface area contributed by atoms with Crippen LogP contribution in [-0.4, -0.2) is 39.2 Å². The average molecular weight is 468 g/mol. The van der Waals surface area contributed by atoms with Crippen LogP contribution in [0.15, 0.2) is 73.1 Å². The Hall–Kier alpha value is -3.81. The van der Waals surface area contributed by atoms with Gasteiger partial charge in [0.1, 0.15) is 5.69 Å². The van der Waals surface area contributed by atoms with Crippen molar-refractivity contribution in [1.82, 2.24) is 25.1 Å². The van der Waals surface area contributed by atoms with E-state index in [0.717, 1.165) is 72.6 Å². The fraction of sp³-hybridized carbons (Fsp3) is 0.111. The van der Waals surface area contributed by atoms with Gasteiger partial charge in [-0.2, -0.15) is 9.49 Å². The summed E-state index contributed by atoms with van der Waals surface area (Å²) >= 11 is 1.16. The summed E-state index contributed by atoms with van der Waals surface area (Å²) in [6.45, 7) is 0.839. The number of benzene rings is 2. The molecule has 6 aromatic rings. The van der Waals surface area contributed by atoms with E-state index in [4.69, 9.17) is 0 Å². The molecule has 7 heteroatoms. The Balaban J connectivity index is 1.45. The highest BCUT2D eigenvalue weighted by molar-refractivity contribution is 7.14. The molecule has 0 aliphatic heterocycles. The lowest BCUT2D eigenvalue weighted by Crippen LogP contribution is -2.10. The molecule has 5 nitrogen and oxygen atoms in total. The van der Waals surface area contributed by atoms with Gasteiger partial charge in [-0.1, -0.05) is 18.2 Å². The number of aromatic amines is 2. The standard InChI is InChI=1S/C27H22FN5S/c1-33(2)15-16-10-18(14-29-13-16)17-6-7-23-21(11-17)27(32-31-23)24-12-20-19(4-3-5-22(20)30-24)25-8-9-26(28)34-25/h3-14,30H,15H2,1-2H3,(H,31,32). The Morgan fingerprint density at radius 2 is 1.82 bits per heavy atom. The van der Waals surface area contributed by atoms with Crippen LogP contribution in [0, 0.1) is 5.13 Å². The number of hydrogen-bond acceptors (Lipinski definition) is 4. The van der Waals surface area contributed by atoms with E-state index >= 15 is 0 Å². The molecule has 6 rings (SSSR count). The SMILES string of the molecule is CN(C)Cc1cncc(-c2ccc3[nH]nc(-c4cc5c(-c6ccc(F)s6)cccc5[nH]4)c3c2)c1. The van der Waals surface area contributed by atoms with Crippen molar-refractivity contribution in [2.45, 2.75) is 6.54 Å². The molecular weight excluding hydrogens is 445 g/mol. The van der Waals surface area contributed by atoms with Gasteiger partial charge in [-0.25, -0.2) is 0 Å². The van der Waals surface area contributed by atoms with Crippen LogP contribution < -0.4 is 0 Å². The maximum absolute atomic E-state index is 13.7. The predicted octanol–water partition coefficient (Wildman–Crippen LogP) is 6.70. The van der Waals surface area contributed by atoms with E-state index in [1.165, 1.54) is 11.6 Å². The molecule has 2 N–H and O–H groups in total. The molecule has 0 unspecified atom stereocenters. The number of hydrogen-bond donors (Lipinski definition) is 2. The number of aromatic nitrogens is 4. The molecule has 168 valence electrons. The predicted molar refractivity (Wildman–Crippen MR) is 137 cm³/mol. The van der Waals surface area contributed by atoms with Crippen LogP contribution in [0.4, 0.5) is 4.39 Å². The lowest BCUT2D eigenvalue weighted by molar-refractivity contribution is 0.402. The number of pyridine rings is 1. The molecule has 0 saturated heterocycles. The third-order valence-corrected chi connectivity index (χ3v) is 6.85. The number of fused-ring (bicyclic) bond motifs is 2. The minimum Gasteiger partial charge on any atom is -0.353 e. The van der Waals surface area contributed by atoms with Gasteiger partial charge in [0.2, 0.25) is 0 Å². The molecule has 0 aliphatic rings. The van der Waals surface area contributed by atoms with Gasteiger partial charge in [0, 0.05) is 51.2 Å². The molecule has 0 saturated carbocycles. The fourth-order valence-electron chi connectivity index (χ4n) is 4.45. The van der Waals surface area contributed by atoms with Crippen LogP contribution in [0.3, 0.4) is 0 Å². The zero-order valence-corrected chi connectivity index (χ0v) is 19.6. The summed E-state index contributed by atoms with van der Waals surface area (Å²) in [5.41, 5.74) is 8.09. The van der Waals surface area contributed by atoms with Crippen molar-refractivity contribution >= 4 is 33.1 Å². The first-order valence-electron chi connectivity index (χ1n) is 11.0. The first kappa shape index (κ1) is 20.8. The van der Waals surface area contributed by atoms with Crippen molar-refractivity contribution in [1.29, 1.82) is 0 Å². The molecule has 4 aromatic heterocycles. The lowest BCUT2D eigenvalue weighted by atomic mass is 10.0. The van der Waals surface area contributed by atoms with Crippen molar-refractivity contribution < 1.29 is 4.39 Å². The quantitative estimate of drug-likeness (QED) is 0.296. The van der Waals surface area contributed by atoms with Gasteiger partial charge in [-0.3, -0.25) is 10.1 Å². The van der Waals surface area contributed by atoms with Gasteiger partial charge in [0.25, 0.3) is 0 Å². The summed E-state index contributed by atoms with van der Waals surface area (Å²) in [7, 11) is 4.11. The zero-order valence-electron chi connectivity index (χ0n) is 18.8. The first-order valence-corrected chi connectivity index (χ1v) is 11.8. The number of rotatable bonds is 5. The normalized spacial score (nSPS) is 11.8. The lowest BCUT2D eigenvalue weighted by Gasteiger charge is -2.10. The van der Waals surface area contributed by atoms with Crippen LogP contribution in [0.5, 0.6) is 0 Å². The van der Waals surface area contributed by atoms with Crippen molar-refractivity contribution in [3.05, 3.63) is 83.8 Å².